The van der Waals surface area contributed by atoms with E-state index < -0.39 is 11.9 Å². The Labute approximate surface area is 120 Å². The molecule has 2 N–H and O–H groups in total. The van der Waals surface area contributed by atoms with Crippen LogP contribution in [0.3, 0.4) is 0 Å². The van der Waals surface area contributed by atoms with Crippen LogP contribution in [0.25, 0.3) is 0 Å². The Morgan fingerprint density at radius 1 is 1.48 bits per heavy atom. The Kier molecular flexibility index (Phi) is 4.41. The van der Waals surface area contributed by atoms with E-state index in [0.29, 0.717) is 12.8 Å². The van der Waals surface area contributed by atoms with E-state index in [0.717, 1.165) is 19.0 Å². The first kappa shape index (κ1) is 15.6. The van der Waals surface area contributed by atoms with Gasteiger partial charge in [-0.1, -0.05) is 13.0 Å². The van der Waals surface area contributed by atoms with Crippen LogP contribution in [0, 0.1) is 0 Å². The van der Waals surface area contributed by atoms with E-state index in [1.807, 2.05) is 6.92 Å². The Morgan fingerprint density at radius 2 is 2.24 bits per heavy atom. The van der Waals surface area contributed by atoms with Crippen molar-refractivity contribution in [1.29, 1.82) is 0 Å². The molecule has 1 amide bonds. The van der Waals surface area contributed by atoms with Crippen molar-refractivity contribution in [3.05, 3.63) is 24.3 Å². The molecule has 1 aromatic rings. The number of amides is 1. The zero-order chi connectivity index (χ0) is 15.5. The monoisotopic (exact) mass is 302 g/mol. The molecule has 2 rings (SSSR count). The van der Waals surface area contributed by atoms with Crippen molar-refractivity contribution < 1.29 is 22.7 Å². The van der Waals surface area contributed by atoms with Gasteiger partial charge >= 0.3 is 6.36 Å². The maximum Gasteiger partial charge on any atom is 0.573 e. The van der Waals surface area contributed by atoms with Gasteiger partial charge in [-0.05, 0) is 37.9 Å². The van der Waals surface area contributed by atoms with Crippen LogP contribution in [-0.2, 0) is 4.79 Å². The summed E-state index contributed by atoms with van der Waals surface area (Å²) in [5.74, 6) is -0.586. The lowest BCUT2D eigenvalue weighted by Crippen LogP contribution is -2.50. The molecule has 116 valence electrons. The highest BCUT2D eigenvalue weighted by molar-refractivity contribution is 5.98. The van der Waals surface area contributed by atoms with E-state index >= 15 is 0 Å². The first-order valence-corrected chi connectivity index (χ1v) is 6.77. The van der Waals surface area contributed by atoms with Gasteiger partial charge in [0.2, 0.25) is 5.91 Å². The predicted molar refractivity (Wildman–Crippen MR) is 72.0 cm³/mol. The third kappa shape index (κ3) is 3.87. The van der Waals surface area contributed by atoms with Gasteiger partial charge in [0.05, 0.1) is 5.54 Å². The highest BCUT2D eigenvalue weighted by Gasteiger charge is 2.39. The number of benzene rings is 1. The molecule has 0 spiro atoms. The number of anilines is 1. The molecule has 21 heavy (non-hydrogen) atoms. The molecule has 1 aliphatic heterocycles. The van der Waals surface area contributed by atoms with Gasteiger partial charge in [0.25, 0.3) is 0 Å². The minimum atomic E-state index is -4.75. The Balaban J connectivity index is 2.09. The smallest absolute Gasteiger partial charge is 0.406 e. The molecule has 1 heterocycles. The second kappa shape index (κ2) is 5.93. The highest BCUT2D eigenvalue weighted by atomic mass is 19.4. The van der Waals surface area contributed by atoms with Gasteiger partial charge in [-0.3, -0.25) is 4.79 Å². The molecule has 1 aliphatic rings. The van der Waals surface area contributed by atoms with Crippen LogP contribution in [0.5, 0.6) is 5.75 Å². The van der Waals surface area contributed by atoms with Crippen LogP contribution in [0.1, 0.15) is 26.2 Å². The first-order valence-electron chi connectivity index (χ1n) is 6.77. The number of rotatable bonds is 4. The summed E-state index contributed by atoms with van der Waals surface area (Å²) in [7, 11) is 0. The van der Waals surface area contributed by atoms with Crippen molar-refractivity contribution in [1.82, 2.24) is 5.32 Å². The summed E-state index contributed by atoms with van der Waals surface area (Å²) in [4.78, 5) is 12.3. The lowest BCUT2D eigenvalue weighted by Gasteiger charge is -2.26. The maximum absolute atomic E-state index is 12.3. The van der Waals surface area contributed by atoms with Crippen LogP contribution in [0.4, 0.5) is 18.9 Å². The zero-order valence-electron chi connectivity index (χ0n) is 11.6. The summed E-state index contributed by atoms with van der Waals surface area (Å²) in [5, 5.41) is 5.82. The molecule has 0 radical (unpaired) electrons. The van der Waals surface area contributed by atoms with Gasteiger partial charge in [-0.2, -0.15) is 0 Å². The second-order valence-electron chi connectivity index (χ2n) is 5.00. The zero-order valence-corrected chi connectivity index (χ0v) is 11.6. The molecule has 7 heteroatoms. The van der Waals surface area contributed by atoms with Crippen molar-refractivity contribution in [2.45, 2.75) is 38.1 Å². The van der Waals surface area contributed by atoms with Gasteiger partial charge < -0.3 is 15.4 Å². The van der Waals surface area contributed by atoms with Gasteiger partial charge in [0.15, 0.2) is 0 Å². The van der Waals surface area contributed by atoms with Crippen LogP contribution in [-0.4, -0.2) is 24.4 Å². The lowest BCUT2D eigenvalue weighted by atomic mass is 9.93. The highest BCUT2D eigenvalue weighted by Crippen LogP contribution is 2.28. The van der Waals surface area contributed by atoms with E-state index in [4.69, 9.17) is 0 Å². The molecule has 1 saturated heterocycles. The molecule has 1 aromatic carbocycles. The number of hydrogen-bond donors (Lipinski definition) is 2. The molecule has 0 bridgehead atoms. The van der Waals surface area contributed by atoms with Gasteiger partial charge in [-0.25, -0.2) is 0 Å². The average molecular weight is 302 g/mol. The summed E-state index contributed by atoms with van der Waals surface area (Å²) < 4.78 is 40.4. The SMILES string of the molecule is CCC1(C(=O)Nc2cccc(OC(F)(F)F)c2)CCCN1. The number of alkyl halides is 3. The number of ether oxygens (including phenoxy) is 1. The second-order valence-corrected chi connectivity index (χ2v) is 5.00. The third-order valence-corrected chi connectivity index (χ3v) is 3.61. The summed E-state index contributed by atoms with van der Waals surface area (Å²) in [6.07, 6.45) is -2.51. The fourth-order valence-electron chi connectivity index (χ4n) is 2.48. The van der Waals surface area contributed by atoms with Crippen LogP contribution < -0.4 is 15.4 Å². The van der Waals surface area contributed by atoms with E-state index in [9.17, 15) is 18.0 Å². The Bertz CT molecular complexity index is 511. The molecule has 1 atom stereocenters. The lowest BCUT2D eigenvalue weighted by molar-refractivity contribution is -0.274. The minimum absolute atomic E-state index is 0.230. The molecule has 0 aromatic heterocycles. The summed E-state index contributed by atoms with van der Waals surface area (Å²) >= 11 is 0. The van der Waals surface area contributed by atoms with Gasteiger partial charge in [0, 0.05) is 11.8 Å². The fraction of sp³-hybridized carbons (Fsp3) is 0.500. The minimum Gasteiger partial charge on any atom is -0.406 e. The molecule has 1 fully saturated rings. The van der Waals surface area contributed by atoms with E-state index in [1.165, 1.54) is 18.2 Å². The van der Waals surface area contributed by atoms with Gasteiger partial charge in [-0.15, -0.1) is 13.2 Å². The van der Waals surface area contributed by atoms with Crippen molar-refractivity contribution in [3.63, 3.8) is 0 Å². The number of carbonyl (C=O) groups excluding carboxylic acids is 1. The number of hydrogen-bond acceptors (Lipinski definition) is 3. The van der Waals surface area contributed by atoms with Crippen LogP contribution >= 0.6 is 0 Å². The fourth-order valence-corrected chi connectivity index (χ4v) is 2.48. The van der Waals surface area contributed by atoms with Crippen molar-refractivity contribution in [3.8, 4) is 5.75 Å². The number of nitrogens with one attached hydrogen (secondary N) is 2. The predicted octanol–water partition coefficient (Wildman–Crippen LogP) is 3.06. The molecular weight excluding hydrogens is 285 g/mol. The van der Waals surface area contributed by atoms with E-state index in [-0.39, 0.29) is 17.3 Å². The normalized spacial score (nSPS) is 22.1. The van der Waals surface area contributed by atoms with Crippen molar-refractivity contribution in [2.24, 2.45) is 0 Å². The topological polar surface area (TPSA) is 50.4 Å². The molecule has 4 nitrogen and oxygen atoms in total. The molecular formula is C14H17F3N2O2. The van der Waals surface area contributed by atoms with Gasteiger partial charge in [0.1, 0.15) is 5.75 Å². The van der Waals surface area contributed by atoms with Crippen LogP contribution in [0.2, 0.25) is 0 Å². The molecule has 0 aliphatic carbocycles. The van der Waals surface area contributed by atoms with Crippen molar-refractivity contribution >= 4 is 11.6 Å². The summed E-state index contributed by atoms with van der Waals surface area (Å²) in [6, 6.07) is 5.27. The first-order chi connectivity index (χ1) is 9.85. The quantitative estimate of drug-likeness (QED) is 0.899. The number of carbonyl (C=O) groups is 1. The Hall–Kier alpha value is -1.76. The van der Waals surface area contributed by atoms with E-state index in [1.54, 1.807) is 0 Å². The molecule has 1 unspecified atom stereocenters. The number of halogens is 3. The van der Waals surface area contributed by atoms with Crippen molar-refractivity contribution in [2.75, 3.05) is 11.9 Å². The summed E-state index contributed by atoms with van der Waals surface area (Å²) in [5.41, 5.74) is -0.357. The maximum atomic E-state index is 12.3. The Morgan fingerprint density at radius 3 is 2.81 bits per heavy atom. The summed E-state index contributed by atoms with van der Waals surface area (Å²) in [6.45, 7) is 2.67. The third-order valence-electron chi connectivity index (χ3n) is 3.61. The van der Waals surface area contributed by atoms with Crippen LogP contribution in [0.15, 0.2) is 24.3 Å². The standard InChI is InChI=1S/C14H17F3N2O2/c1-2-13(7-4-8-18-13)12(20)19-10-5-3-6-11(9-10)21-14(15,16)17/h3,5-6,9,18H,2,4,7-8H2,1H3,(H,19,20). The van der Waals surface area contributed by atoms with E-state index in [2.05, 4.69) is 15.4 Å². The molecule has 0 saturated carbocycles. The largest absolute Gasteiger partial charge is 0.573 e. The average Bonchev–Trinajstić information content (AvgIpc) is 2.87.